The number of aromatic nitrogens is 1. The van der Waals surface area contributed by atoms with E-state index in [-0.39, 0.29) is 0 Å². The fourth-order valence-corrected chi connectivity index (χ4v) is 3.48. The molecule has 1 heterocycles. The molecular weight excluding hydrogens is 356 g/mol. The predicted molar refractivity (Wildman–Crippen MR) is 123 cm³/mol. The molecule has 4 heteroatoms. The van der Waals surface area contributed by atoms with Crippen LogP contribution in [0.2, 0.25) is 0 Å². The van der Waals surface area contributed by atoms with Gasteiger partial charge in [0.15, 0.2) is 0 Å². The number of fused-ring (bicyclic) bond motifs is 1. The Balaban J connectivity index is 1.62. The number of benzene rings is 3. The van der Waals surface area contributed by atoms with Crippen LogP contribution < -0.4 is 10.6 Å². The zero-order valence-electron chi connectivity index (χ0n) is 16.9. The Morgan fingerprint density at radius 2 is 1.55 bits per heavy atom. The summed E-state index contributed by atoms with van der Waals surface area (Å²) in [4.78, 5) is 10.1. The van der Waals surface area contributed by atoms with Gasteiger partial charge in [-0.25, -0.2) is 4.99 Å². The molecule has 0 amide bonds. The van der Waals surface area contributed by atoms with Crippen LogP contribution in [0.15, 0.2) is 84.0 Å². The quantitative estimate of drug-likeness (QED) is 0.355. The number of H-pyrrole nitrogens is 1. The first kappa shape index (κ1) is 18.8. The van der Waals surface area contributed by atoms with E-state index in [0.717, 1.165) is 29.9 Å². The maximum atomic E-state index is 6.48. The van der Waals surface area contributed by atoms with Gasteiger partial charge in [-0.15, -0.1) is 0 Å². The molecule has 0 unspecified atom stereocenters. The van der Waals surface area contributed by atoms with E-state index in [0.29, 0.717) is 5.96 Å². The summed E-state index contributed by atoms with van der Waals surface area (Å²) in [5.41, 5.74) is 13.2. The smallest absolute Gasteiger partial charge is 0.201 e. The molecule has 3 N–H and O–H groups in total. The number of nitrogens with two attached hydrogens (primary N) is 1. The van der Waals surface area contributed by atoms with Gasteiger partial charge in [-0.1, -0.05) is 53.6 Å². The van der Waals surface area contributed by atoms with Crippen molar-refractivity contribution >= 4 is 28.2 Å². The lowest BCUT2D eigenvalue weighted by atomic mass is 10.1. The molecule has 4 rings (SSSR count). The highest BCUT2D eigenvalue weighted by atomic mass is 15.3. The van der Waals surface area contributed by atoms with Crippen LogP contribution in [0.1, 0.15) is 16.7 Å². The fraction of sp³-hybridized carbons (Fsp3) is 0.160. The molecular formula is C25H26N4. The lowest BCUT2D eigenvalue weighted by Gasteiger charge is -2.24. The van der Waals surface area contributed by atoms with Crippen molar-refractivity contribution in [3.05, 3.63) is 95.7 Å². The molecule has 0 aliphatic carbocycles. The molecule has 0 spiro atoms. The summed E-state index contributed by atoms with van der Waals surface area (Å²) in [5, 5.41) is 1.26. The maximum Gasteiger partial charge on any atom is 0.201 e. The van der Waals surface area contributed by atoms with Crippen LogP contribution in [0.3, 0.4) is 0 Å². The summed E-state index contributed by atoms with van der Waals surface area (Å²) in [7, 11) is 0. The summed E-state index contributed by atoms with van der Waals surface area (Å²) in [6.45, 7) is 4.90. The molecule has 0 bridgehead atoms. The Morgan fingerprint density at radius 3 is 2.28 bits per heavy atom. The average molecular weight is 383 g/mol. The average Bonchev–Trinajstić information content (AvgIpc) is 3.14. The Labute approximate surface area is 171 Å². The zero-order chi connectivity index (χ0) is 20.2. The molecule has 1 aromatic heterocycles. The van der Waals surface area contributed by atoms with Crippen molar-refractivity contribution in [1.82, 2.24) is 4.98 Å². The number of guanidine groups is 1. The van der Waals surface area contributed by atoms with Gasteiger partial charge in [0.05, 0.1) is 5.69 Å². The first-order chi connectivity index (χ1) is 14.1. The van der Waals surface area contributed by atoms with Crippen molar-refractivity contribution < 1.29 is 0 Å². The van der Waals surface area contributed by atoms with Crippen LogP contribution in [0, 0.1) is 13.8 Å². The second-order valence-electron chi connectivity index (χ2n) is 7.40. The van der Waals surface area contributed by atoms with Gasteiger partial charge in [0.25, 0.3) is 0 Å². The Morgan fingerprint density at radius 1 is 0.897 bits per heavy atom. The van der Waals surface area contributed by atoms with Crippen LogP contribution in [0.4, 0.5) is 11.4 Å². The van der Waals surface area contributed by atoms with Crippen LogP contribution >= 0.6 is 0 Å². The second-order valence-corrected chi connectivity index (χ2v) is 7.40. The van der Waals surface area contributed by atoms with E-state index in [1.165, 1.54) is 22.1 Å². The minimum Gasteiger partial charge on any atom is -0.369 e. The number of anilines is 1. The Hall–Kier alpha value is -3.53. The third kappa shape index (κ3) is 4.32. The number of para-hydroxylation sites is 1. The van der Waals surface area contributed by atoms with E-state index < -0.39 is 0 Å². The summed E-state index contributed by atoms with van der Waals surface area (Å²) in [6.07, 6.45) is 2.95. The lowest BCUT2D eigenvalue weighted by Crippen LogP contribution is -2.38. The molecule has 3 aromatic carbocycles. The van der Waals surface area contributed by atoms with E-state index >= 15 is 0 Å². The van der Waals surface area contributed by atoms with Gasteiger partial charge in [0, 0.05) is 29.3 Å². The Kier molecular flexibility index (Phi) is 5.34. The zero-order valence-corrected chi connectivity index (χ0v) is 16.9. The molecule has 0 aliphatic heterocycles. The highest BCUT2D eigenvalue weighted by Gasteiger charge is 2.13. The van der Waals surface area contributed by atoms with Crippen LogP contribution in [0.25, 0.3) is 10.9 Å². The number of rotatable bonds is 5. The number of nitrogens with one attached hydrogen (secondary N) is 1. The summed E-state index contributed by atoms with van der Waals surface area (Å²) in [6, 6.07) is 24.9. The Bertz CT molecular complexity index is 1120. The van der Waals surface area contributed by atoms with Gasteiger partial charge in [-0.2, -0.15) is 0 Å². The fourth-order valence-electron chi connectivity index (χ4n) is 3.48. The van der Waals surface area contributed by atoms with Crippen molar-refractivity contribution in [3.8, 4) is 0 Å². The SMILES string of the molecule is Cc1ccc(N=C(N)N(CCc2c[nH]c3ccccc23)c2ccc(C)cc2)cc1. The topological polar surface area (TPSA) is 57.4 Å². The standard InChI is InChI=1S/C25H26N4/c1-18-7-11-21(12-8-18)28-25(26)29(22-13-9-19(2)10-14-22)16-15-20-17-27-24-6-4-3-5-23(20)24/h3-14,17,27H,15-16H2,1-2H3,(H2,26,28). The second kappa shape index (κ2) is 8.23. The van der Waals surface area contributed by atoms with Crippen LogP contribution in [-0.4, -0.2) is 17.5 Å². The van der Waals surface area contributed by atoms with E-state index in [4.69, 9.17) is 5.73 Å². The molecule has 0 aliphatic rings. The van der Waals surface area contributed by atoms with Crippen molar-refractivity contribution in [2.75, 3.05) is 11.4 Å². The van der Waals surface area contributed by atoms with Gasteiger partial charge in [-0.3, -0.25) is 0 Å². The van der Waals surface area contributed by atoms with E-state index in [2.05, 4.69) is 77.4 Å². The third-order valence-electron chi connectivity index (χ3n) is 5.18. The molecule has 0 saturated heterocycles. The summed E-state index contributed by atoms with van der Waals surface area (Å²) in [5.74, 6) is 0.498. The lowest BCUT2D eigenvalue weighted by molar-refractivity contribution is 0.931. The van der Waals surface area contributed by atoms with Crippen molar-refractivity contribution in [2.45, 2.75) is 20.3 Å². The number of hydrogen-bond acceptors (Lipinski definition) is 1. The molecule has 29 heavy (non-hydrogen) atoms. The number of aryl methyl sites for hydroxylation is 2. The molecule has 4 aromatic rings. The maximum absolute atomic E-state index is 6.48. The minimum absolute atomic E-state index is 0.498. The van der Waals surface area contributed by atoms with Crippen molar-refractivity contribution in [2.24, 2.45) is 10.7 Å². The normalized spacial score (nSPS) is 11.7. The highest BCUT2D eigenvalue weighted by molar-refractivity contribution is 5.96. The van der Waals surface area contributed by atoms with E-state index in [1.807, 2.05) is 30.3 Å². The van der Waals surface area contributed by atoms with Crippen molar-refractivity contribution in [3.63, 3.8) is 0 Å². The number of nitrogens with zero attached hydrogens (tertiary/aromatic N) is 2. The monoisotopic (exact) mass is 382 g/mol. The number of aliphatic imine (C=N–C) groups is 1. The molecule has 0 saturated carbocycles. The summed E-state index contributed by atoms with van der Waals surface area (Å²) >= 11 is 0. The van der Waals surface area contributed by atoms with Gasteiger partial charge in [-0.05, 0) is 56.2 Å². The third-order valence-corrected chi connectivity index (χ3v) is 5.18. The molecule has 0 atom stereocenters. The van der Waals surface area contributed by atoms with E-state index in [9.17, 15) is 0 Å². The first-order valence-electron chi connectivity index (χ1n) is 9.90. The van der Waals surface area contributed by atoms with Gasteiger partial charge < -0.3 is 15.6 Å². The van der Waals surface area contributed by atoms with Gasteiger partial charge >= 0.3 is 0 Å². The van der Waals surface area contributed by atoms with Crippen LogP contribution in [-0.2, 0) is 6.42 Å². The largest absolute Gasteiger partial charge is 0.369 e. The molecule has 4 nitrogen and oxygen atoms in total. The van der Waals surface area contributed by atoms with Gasteiger partial charge in [0.1, 0.15) is 0 Å². The van der Waals surface area contributed by atoms with Gasteiger partial charge in [0.2, 0.25) is 5.96 Å². The summed E-state index contributed by atoms with van der Waals surface area (Å²) < 4.78 is 0. The molecule has 0 fully saturated rings. The first-order valence-corrected chi connectivity index (χ1v) is 9.90. The highest BCUT2D eigenvalue weighted by Crippen LogP contribution is 2.21. The van der Waals surface area contributed by atoms with Crippen LogP contribution in [0.5, 0.6) is 0 Å². The molecule has 146 valence electrons. The predicted octanol–water partition coefficient (Wildman–Crippen LogP) is 5.48. The number of hydrogen-bond donors (Lipinski definition) is 2. The minimum atomic E-state index is 0.498. The number of aromatic amines is 1. The van der Waals surface area contributed by atoms with E-state index in [1.54, 1.807) is 0 Å². The van der Waals surface area contributed by atoms with Crippen molar-refractivity contribution in [1.29, 1.82) is 0 Å². The molecule has 0 radical (unpaired) electrons.